The number of phenolic OH excluding ortho intramolecular Hbond substituents is 1. The van der Waals surface area contributed by atoms with Crippen molar-refractivity contribution in [1.29, 1.82) is 0 Å². The molecule has 0 bridgehead atoms. The SMILES string of the molecule is CNCCCc1c(-c2cccc(O)c2)cnn1C. The summed E-state index contributed by atoms with van der Waals surface area (Å²) in [6, 6.07) is 7.31. The molecule has 0 aliphatic heterocycles. The van der Waals surface area contributed by atoms with Crippen molar-refractivity contribution in [3.8, 4) is 16.9 Å². The van der Waals surface area contributed by atoms with Crippen LogP contribution in [0, 0.1) is 0 Å². The van der Waals surface area contributed by atoms with Crippen molar-refractivity contribution in [2.24, 2.45) is 7.05 Å². The summed E-state index contributed by atoms with van der Waals surface area (Å²) >= 11 is 0. The second-order valence-corrected chi connectivity index (χ2v) is 4.39. The molecule has 0 aliphatic rings. The van der Waals surface area contributed by atoms with Crippen molar-refractivity contribution in [1.82, 2.24) is 15.1 Å². The van der Waals surface area contributed by atoms with E-state index in [2.05, 4.69) is 10.4 Å². The molecule has 2 aromatic rings. The van der Waals surface area contributed by atoms with E-state index in [1.54, 1.807) is 12.1 Å². The third-order valence-electron chi connectivity index (χ3n) is 3.06. The largest absolute Gasteiger partial charge is 0.508 e. The van der Waals surface area contributed by atoms with E-state index in [0.29, 0.717) is 0 Å². The van der Waals surface area contributed by atoms with E-state index in [1.165, 1.54) is 5.69 Å². The maximum absolute atomic E-state index is 9.55. The van der Waals surface area contributed by atoms with Gasteiger partial charge in [-0.25, -0.2) is 0 Å². The highest BCUT2D eigenvalue weighted by atomic mass is 16.3. The van der Waals surface area contributed by atoms with Crippen LogP contribution in [-0.4, -0.2) is 28.5 Å². The fourth-order valence-corrected chi connectivity index (χ4v) is 2.11. The van der Waals surface area contributed by atoms with Crippen molar-refractivity contribution in [3.63, 3.8) is 0 Å². The Kier molecular flexibility index (Phi) is 3.99. The first-order valence-electron chi connectivity index (χ1n) is 6.17. The Morgan fingerprint density at radius 3 is 2.94 bits per heavy atom. The maximum Gasteiger partial charge on any atom is 0.116 e. The maximum atomic E-state index is 9.55. The van der Waals surface area contributed by atoms with E-state index >= 15 is 0 Å². The molecule has 4 nitrogen and oxygen atoms in total. The van der Waals surface area contributed by atoms with Crippen LogP contribution >= 0.6 is 0 Å². The third-order valence-corrected chi connectivity index (χ3v) is 3.06. The second kappa shape index (κ2) is 5.69. The molecule has 0 saturated heterocycles. The molecule has 0 spiro atoms. The first-order valence-corrected chi connectivity index (χ1v) is 6.17. The number of hydrogen-bond donors (Lipinski definition) is 2. The highest BCUT2D eigenvalue weighted by molar-refractivity contribution is 5.66. The fraction of sp³-hybridized carbons (Fsp3) is 0.357. The van der Waals surface area contributed by atoms with Gasteiger partial charge < -0.3 is 10.4 Å². The van der Waals surface area contributed by atoms with E-state index in [0.717, 1.165) is 30.5 Å². The molecule has 0 fully saturated rings. The summed E-state index contributed by atoms with van der Waals surface area (Å²) in [5.74, 6) is 0.289. The Morgan fingerprint density at radius 1 is 1.39 bits per heavy atom. The predicted molar refractivity (Wildman–Crippen MR) is 72.6 cm³/mol. The van der Waals surface area contributed by atoms with Crippen LogP contribution in [0.3, 0.4) is 0 Å². The number of nitrogens with zero attached hydrogens (tertiary/aromatic N) is 2. The van der Waals surface area contributed by atoms with Crippen LogP contribution in [0.4, 0.5) is 0 Å². The van der Waals surface area contributed by atoms with Crippen LogP contribution in [0.1, 0.15) is 12.1 Å². The zero-order valence-corrected chi connectivity index (χ0v) is 10.8. The van der Waals surface area contributed by atoms with E-state index in [4.69, 9.17) is 0 Å². The molecular weight excluding hydrogens is 226 g/mol. The molecule has 4 heteroatoms. The van der Waals surface area contributed by atoms with Crippen LogP contribution in [0.25, 0.3) is 11.1 Å². The van der Waals surface area contributed by atoms with E-state index in [1.807, 2.05) is 37.1 Å². The molecule has 1 aromatic heterocycles. The summed E-state index contributed by atoms with van der Waals surface area (Å²) in [5.41, 5.74) is 3.32. The lowest BCUT2D eigenvalue weighted by Gasteiger charge is -2.06. The molecule has 1 aromatic carbocycles. The van der Waals surface area contributed by atoms with Crippen LogP contribution in [-0.2, 0) is 13.5 Å². The summed E-state index contributed by atoms with van der Waals surface area (Å²) in [5, 5.41) is 17.0. The third kappa shape index (κ3) is 2.71. The minimum atomic E-state index is 0.289. The fourth-order valence-electron chi connectivity index (χ4n) is 2.11. The number of nitrogens with one attached hydrogen (secondary N) is 1. The van der Waals surface area contributed by atoms with Crippen molar-refractivity contribution in [2.75, 3.05) is 13.6 Å². The molecule has 0 atom stereocenters. The number of hydrogen-bond acceptors (Lipinski definition) is 3. The normalized spacial score (nSPS) is 10.8. The number of rotatable bonds is 5. The highest BCUT2D eigenvalue weighted by Gasteiger charge is 2.10. The molecule has 2 rings (SSSR count). The summed E-state index contributed by atoms with van der Waals surface area (Å²) in [6.07, 6.45) is 3.91. The highest BCUT2D eigenvalue weighted by Crippen LogP contribution is 2.26. The van der Waals surface area contributed by atoms with Crippen molar-refractivity contribution >= 4 is 0 Å². The van der Waals surface area contributed by atoms with Gasteiger partial charge in [-0.1, -0.05) is 12.1 Å². The van der Waals surface area contributed by atoms with Gasteiger partial charge in [0.25, 0.3) is 0 Å². The minimum absolute atomic E-state index is 0.289. The Hall–Kier alpha value is -1.81. The molecular formula is C14H19N3O. The van der Waals surface area contributed by atoms with E-state index in [-0.39, 0.29) is 5.75 Å². The van der Waals surface area contributed by atoms with Gasteiger partial charge in [-0.3, -0.25) is 4.68 Å². The molecule has 0 amide bonds. The van der Waals surface area contributed by atoms with E-state index < -0.39 is 0 Å². The summed E-state index contributed by atoms with van der Waals surface area (Å²) in [6.45, 7) is 0.991. The summed E-state index contributed by atoms with van der Waals surface area (Å²) in [4.78, 5) is 0. The van der Waals surface area contributed by atoms with Gasteiger partial charge in [0.1, 0.15) is 5.75 Å². The minimum Gasteiger partial charge on any atom is -0.508 e. The molecule has 1 heterocycles. The Labute approximate surface area is 107 Å². The van der Waals surface area contributed by atoms with Crippen LogP contribution in [0.2, 0.25) is 0 Å². The van der Waals surface area contributed by atoms with Crippen LogP contribution < -0.4 is 5.32 Å². The molecule has 0 saturated carbocycles. The van der Waals surface area contributed by atoms with Crippen molar-refractivity contribution in [3.05, 3.63) is 36.2 Å². The first kappa shape index (κ1) is 12.6. The second-order valence-electron chi connectivity index (χ2n) is 4.39. The number of aromatic hydroxyl groups is 1. The lowest BCUT2D eigenvalue weighted by atomic mass is 10.0. The Bertz CT molecular complexity index is 520. The predicted octanol–water partition coefficient (Wildman–Crippen LogP) is 1.94. The van der Waals surface area contributed by atoms with Crippen LogP contribution in [0.15, 0.2) is 30.5 Å². The van der Waals surface area contributed by atoms with Crippen molar-refractivity contribution in [2.45, 2.75) is 12.8 Å². The lowest BCUT2D eigenvalue weighted by Crippen LogP contribution is -2.10. The average Bonchev–Trinajstić information content (AvgIpc) is 2.72. The van der Waals surface area contributed by atoms with Gasteiger partial charge in [-0.15, -0.1) is 0 Å². The first-order chi connectivity index (χ1) is 8.72. The number of aryl methyl sites for hydroxylation is 1. The van der Waals surface area contributed by atoms with Gasteiger partial charge in [-0.05, 0) is 44.1 Å². The standard InChI is InChI=1S/C14H19N3O/c1-15-8-4-7-14-13(10-16-17(14)2)11-5-3-6-12(18)9-11/h3,5-6,9-10,15,18H,4,7-8H2,1-2H3. The quantitative estimate of drug-likeness (QED) is 0.792. The molecule has 0 unspecified atom stereocenters. The topological polar surface area (TPSA) is 50.1 Å². The number of benzene rings is 1. The summed E-state index contributed by atoms with van der Waals surface area (Å²) < 4.78 is 1.91. The molecule has 0 aliphatic carbocycles. The molecule has 2 N–H and O–H groups in total. The monoisotopic (exact) mass is 245 g/mol. The number of phenols is 1. The number of aromatic nitrogens is 2. The molecule has 96 valence electrons. The zero-order valence-electron chi connectivity index (χ0n) is 10.8. The molecule has 0 radical (unpaired) electrons. The van der Waals surface area contributed by atoms with Gasteiger partial charge in [0.2, 0.25) is 0 Å². The van der Waals surface area contributed by atoms with Crippen molar-refractivity contribution < 1.29 is 5.11 Å². The lowest BCUT2D eigenvalue weighted by molar-refractivity contribution is 0.475. The van der Waals surface area contributed by atoms with Gasteiger partial charge in [0, 0.05) is 18.3 Å². The van der Waals surface area contributed by atoms with Gasteiger partial charge in [0.15, 0.2) is 0 Å². The smallest absolute Gasteiger partial charge is 0.116 e. The van der Waals surface area contributed by atoms with Gasteiger partial charge >= 0.3 is 0 Å². The zero-order chi connectivity index (χ0) is 13.0. The van der Waals surface area contributed by atoms with Crippen LogP contribution in [0.5, 0.6) is 5.75 Å². The van der Waals surface area contributed by atoms with E-state index in [9.17, 15) is 5.11 Å². The van der Waals surface area contributed by atoms with Gasteiger partial charge in [-0.2, -0.15) is 5.10 Å². The Balaban J connectivity index is 2.28. The van der Waals surface area contributed by atoms with Gasteiger partial charge in [0.05, 0.1) is 6.20 Å². The molecule has 18 heavy (non-hydrogen) atoms. The average molecular weight is 245 g/mol. The Morgan fingerprint density at radius 2 is 2.22 bits per heavy atom. The summed E-state index contributed by atoms with van der Waals surface area (Å²) in [7, 11) is 3.92.